The predicted molar refractivity (Wildman–Crippen MR) is 96.0 cm³/mol. The highest BCUT2D eigenvalue weighted by Gasteiger charge is 2.33. The molecule has 1 aliphatic carbocycles. The molecule has 0 aliphatic heterocycles. The molecule has 2 aromatic heterocycles. The summed E-state index contributed by atoms with van der Waals surface area (Å²) in [4.78, 5) is 8.42. The molecule has 0 saturated heterocycles. The molecule has 0 spiro atoms. The molecule has 10 heteroatoms. The van der Waals surface area contributed by atoms with Gasteiger partial charge in [-0.3, -0.25) is 4.98 Å². The van der Waals surface area contributed by atoms with Gasteiger partial charge < -0.3 is 4.57 Å². The van der Waals surface area contributed by atoms with Crippen LogP contribution in [0.15, 0.2) is 28.4 Å². The third-order valence-electron chi connectivity index (χ3n) is 4.42. The fourth-order valence-corrected chi connectivity index (χ4v) is 3.83. The summed E-state index contributed by atoms with van der Waals surface area (Å²) in [6, 6.07) is 1.60. The summed E-state index contributed by atoms with van der Waals surface area (Å²) in [6.45, 7) is 1.53. The number of nitrogens with zero attached hydrogens (tertiary/aromatic N) is 3. The average Bonchev–Trinajstić information content (AvgIpc) is 3.39. The molecular weight excluding hydrogens is 403 g/mol. The Bertz CT molecular complexity index is 1010. The Hall–Kier alpha value is -1.87. The second-order valence-electron chi connectivity index (χ2n) is 6.35. The van der Waals surface area contributed by atoms with E-state index in [2.05, 4.69) is 9.97 Å². The van der Waals surface area contributed by atoms with Crippen LogP contribution in [0.3, 0.4) is 0 Å². The largest absolute Gasteiger partial charge is 0.427 e. The molecule has 0 atom stereocenters. The van der Waals surface area contributed by atoms with Crippen molar-refractivity contribution < 1.29 is 21.6 Å². The second kappa shape index (κ2) is 6.94. The molecule has 0 N–H and O–H groups in total. The Morgan fingerprint density at radius 2 is 2.00 bits per heavy atom. The van der Waals surface area contributed by atoms with Crippen molar-refractivity contribution in [3.63, 3.8) is 0 Å². The first-order chi connectivity index (χ1) is 12.5. The van der Waals surface area contributed by atoms with Crippen LogP contribution in [0.2, 0.25) is 0 Å². The lowest BCUT2D eigenvalue weighted by molar-refractivity contribution is -0.0836. The van der Waals surface area contributed by atoms with Gasteiger partial charge in [-0.2, -0.15) is 13.2 Å². The van der Waals surface area contributed by atoms with Gasteiger partial charge in [0.1, 0.15) is 10.7 Å². The molecule has 1 saturated carbocycles. The third kappa shape index (κ3) is 4.03. The number of hydrogen-bond donors (Lipinski definition) is 0. The van der Waals surface area contributed by atoms with Crippen LogP contribution in [0.25, 0.3) is 17.6 Å². The summed E-state index contributed by atoms with van der Waals surface area (Å²) >= 11 is 5.29. The summed E-state index contributed by atoms with van der Waals surface area (Å²) in [7, 11) is -2.12. The number of imidazole rings is 1. The zero-order valence-corrected chi connectivity index (χ0v) is 16.2. The summed E-state index contributed by atoms with van der Waals surface area (Å²) in [5.74, 6) is 0.345. The number of sulfone groups is 1. The molecule has 5 nitrogen and oxygen atoms in total. The van der Waals surface area contributed by atoms with Crippen LogP contribution in [0.5, 0.6) is 0 Å². The highest BCUT2D eigenvalue weighted by molar-refractivity contribution is 7.91. The molecule has 27 heavy (non-hydrogen) atoms. The summed E-state index contributed by atoms with van der Waals surface area (Å²) in [5.41, 5.74) is 1.05. The number of aromatic nitrogens is 3. The van der Waals surface area contributed by atoms with E-state index in [0.29, 0.717) is 5.92 Å². The number of allylic oxidation sites excluding steroid dienone is 1. The van der Waals surface area contributed by atoms with Crippen LogP contribution >= 0.6 is 11.6 Å². The molecule has 0 unspecified atom stereocenters. The highest BCUT2D eigenvalue weighted by atomic mass is 35.5. The average molecular weight is 420 g/mol. The first-order valence-corrected chi connectivity index (χ1v) is 10.3. The molecule has 3 rings (SSSR count). The van der Waals surface area contributed by atoms with E-state index in [1.165, 1.54) is 24.7 Å². The van der Waals surface area contributed by atoms with Crippen molar-refractivity contribution in [1.29, 1.82) is 0 Å². The van der Waals surface area contributed by atoms with Crippen molar-refractivity contribution >= 4 is 27.5 Å². The van der Waals surface area contributed by atoms with Gasteiger partial charge >= 0.3 is 6.18 Å². The predicted octanol–water partition coefficient (Wildman–Crippen LogP) is 4.30. The Labute approximate surface area is 159 Å². The van der Waals surface area contributed by atoms with Crippen molar-refractivity contribution in [2.75, 3.05) is 5.75 Å². The van der Waals surface area contributed by atoms with E-state index >= 15 is 0 Å². The maximum atomic E-state index is 12.7. The van der Waals surface area contributed by atoms with Crippen molar-refractivity contribution in [2.24, 2.45) is 7.05 Å². The maximum Gasteiger partial charge on any atom is 0.427 e. The number of hydrogen-bond acceptors (Lipinski definition) is 4. The Morgan fingerprint density at radius 3 is 2.56 bits per heavy atom. The molecule has 2 aromatic rings. The minimum absolute atomic E-state index is 0.0422. The van der Waals surface area contributed by atoms with E-state index < -0.39 is 21.0 Å². The van der Waals surface area contributed by atoms with Gasteiger partial charge in [0, 0.05) is 13.2 Å². The number of rotatable bonds is 5. The van der Waals surface area contributed by atoms with Gasteiger partial charge in [0.25, 0.3) is 0 Å². The van der Waals surface area contributed by atoms with Crippen LogP contribution in [0.4, 0.5) is 13.2 Å². The Kier molecular flexibility index (Phi) is 5.11. The lowest BCUT2D eigenvalue weighted by Crippen LogP contribution is -2.10. The van der Waals surface area contributed by atoms with Crippen LogP contribution < -0.4 is 0 Å². The van der Waals surface area contributed by atoms with Gasteiger partial charge in [-0.15, -0.1) is 0 Å². The molecule has 0 amide bonds. The van der Waals surface area contributed by atoms with Crippen LogP contribution in [0.1, 0.15) is 36.9 Å². The van der Waals surface area contributed by atoms with Crippen LogP contribution in [-0.4, -0.2) is 34.9 Å². The lowest BCUT2D eigenvalue weighted by Gasteiger charge is -2.11. The minimum atomic E-state index is -4.67. The quantitative estimate of drug-likeness (QED) is 0.725. The minimum Gasteiger partial charge on any atom is -0.326 e. The molecule has 146 valence electrons. The maximum absolute atomic E-state index is 12.7. The van der Waals surface area contributed by atoms with Crippen LogP contribution in [-0.2, 0) is 16.9 Å². The second-order valence-corrected chi connectivity index (χ2v) is 9.00. The van der Waals surface area contributed by atoms with Gasteiger partial charge in [0.05, 0.1) is 22.5 Å². The SMILES string of the molecule is CCS(=O)(=O)c1cc(C2CC2)cnc1-c1ncc(/C=C(/Cl)C(F)(F)F)n1C. The fourth-order valence-electron chi connectivity index (χ4n) is 2.65. The van der Waals surface area contributed by atoms with Gasteiger partial charge in [-0.05, 0) is 36.5 Å². The molecule has 0 aromatic carbocycles. The summed E-state index contributed by atoms with van der Waals surface area (Å²) < 4.78 is 64.5. The summed E-state index contributed by atoms with van der Waals surface area (Å²) in [6.07, 6.45) is 0.841. The van der Waals surface area contributed by atoms with Gasteiger partial charge in [0.15, 0.2) is 15.7 Å². The van der Waals surface area contributed by atoms with E-state index in [1.807, 2.05) is 0 Å². The molecule has 0 radical (unpaired) electrons. The Balaban J connectivity index is 2.12. The van der Waals surface area contributed by atoms with E-state index in [1.54, 1.807) is 12.3 Å². The number of halogens is 4. The van der Waals surface area contributed by atoms with E-state index in [9.17, 15) is 21.6 Å². The first-order valence-electron chi connectivity index (χ1n) is 8.23. The number of pyridine rings is 1. The lowest BCUT2D eigenvalue weighted by atomic mass is 10.2. The molecule has 0 bridgehead atoms. The van der Waals surface area contributed by atoms with Gasteiger partial charge in [0.2, 0.25) is 0 Å². The molecule has 2 heterocycles. The number of alkyl halides is 3. The van der Waals surface area contributed by atoms with E-state index in [0.717, 1.165) is 24.5 Å². The Morgan fingerprint density at radius 1 is 1.33 bits per heavy atom. The highest BCUT2D eigenvalue weighted by Crippen LogP contribution is 2.41. The zero-order valence-electron chi connectivity index (χ0n) is 14.6. The fraction of sp³-hybridized carbons (Fsp3) is 0.412. The zero-order chi connectivity index (χ0) is 20.0. The van der Waals surface area contributed by atoms with Crippen molar-refractivity contribution in [1.82, 2.24) is 14.5 Å². The molecular formula is C17H17ClF3N3O2S. The monoisotopic (exact) mass is 419 g/mol. The summed E-state index contributed by atoms with van der Waals surface area (Å²) in [5, 5.41) is -1.30. The van der Waals surface area contributed by atoms with E-state index in [-0.39, 0.29) is 27.9 Å². The standard InChI is InChI=1S/C17H17ClF3N3O2S/c1-3-27(25,26)13-6-11(10-4-5-10)8-22-15(13)16-23-9-12(24(16)2)7-14(18)17(19,20)21/h6-10H,3-5H2,1-2H3/b14-7+. The topological polar surface area (TPSA) is 64.8 Å². The normalized spacial score (nSPS) is 16.0. The van der Waals surface area contributed by atoms with Crippen molar-refractivity contribution in [2.45, 2.75) is 36.8 Å². The molecule has 1 aliphatic rings. The smallest absolute Gasteiger partial charge is 0.326 e. The van der Waals surface area contributed by atoms with Gasteiger partial charge in [-0.1, -0.05) is 18.5 Å². The van der Waals surface area contributed by atoms with Crippen LogP contribution in [0, 0.1) is 0 Å². The third-order valence-corrected chi connectivity index (χ3v) is 6.48. The van der Waals surface area contributed by atoms with Crippen molar-refractivity contribution in [3.05, 3.63) is 34.7 Å². The van der Waals surface area contributed by atoms with Gasteiger partial charge in [-0.25, -0.2) is 13.4 Å². The van der Waals surface area contributed by atoms with E-state index in [4.69, 9.17) is 11.6 Å². The molecule has 1 fully saturated rings. The first kappa shape index (κ1) is 19.9. The van der Waals surface area contributed by atoms with Crippen molar-refractivity contribution in [3.8, 4) is 11.5 Å².